The van der Waals surface area contributed by atoms with Gasteiger partial charge >= 0.3 is 0 Å². The van der Waals surface area contributed by atoms with Crippen molar-refractivity contribution < 1.29 is 0 Å². The number of thiazole rings is 1. The highest BCUT2D eigenvalue weighted by Crippen LogP contribution is 2.32. The van der Waals surface area contributed by atoms with Crippen LogP contribution in [0.5, 0.6) is 0 Å². The summed E-state index contributed by atoms with van der Waals surface area (Å²) in [7, 11) is 6.44. The van der Waals surface area contributed by atoms with Gasteiger partial charge in [0.15, 0.2) is 0 Å². The van der Waals surface area contributed by atoms with Crippen molar-refractivity contribution in [1.29, 1.82) is 0 Å². The lowest BCUT2D eigenvalue weighted by molar-refractivity contribution is 0.228. The van der Waals surface area contributed by atoms with E-state index in [9.17, 15) is 0 Å². The molecule has 0 amide bonds. The van der Waals surface area contributed by atoms with E-state index >= 15 is 0 Å². The molecule has 5 heteroatoms. The van der Waals surface area contributed by atoms with Crippen molar-refractivity contribution >= 4 is 11.3 Å². The largest absolute Gasteiger partial charge is 0.312 e. The van der Waals surface area contributed by atoms with Gasteiger partial charge in [0.05, 0.1) is 11.7 Å². The third-order valence-electron chi connectivity index (χ3n) is 4.03. The molecule has 4 nitrogen and oxygen atoms in total. The molecule has 1 fully saturated rings. The average Bonchev–Trinajstić information content (AvgIpc) is 2.67. The maximum Gasteiger partial charge on any atom is 0.112 e. The third kappa shape index (κ3) is 3.34. The van der Waals surface area contributed by atoms with E-state index < -0.39 is 0 Å². The van der Waals surface area contributed by atoms with Crippen LogP contribution in [-0.2, 0) is 0 Å². The molecule has 1 aromatic heterocycles. The maximum absolute atomic E-state index is 4.84. The highest BCUT2D eigenvalue weighted by atomic mass is 32.1. The zero-order valence-corrected chi connectivity index (χ0v) is 13.5. The minimum Gasteiger partial charge on any atom is -0.312 e. The molecule has 0 spiro atoms. The summed E-state index contributed by atoms with van der Waals surface area (Å²) in [5, 5.41) is 4.59. The molecule has 2 rings (SSSR count). The lowest BCUT2D eigenvalue weighted by Crippen LogP contribution is -2.30. The summed E-state index contributed by atoms with van der Waals surface area (Å²) in [4.78, 5) is 11.1. The molecule has 108 valence electrons. The van der Waals surface area contributed by atoms with Crippen LogP contribution < -0.4 is 5.32 Å². The predicted molar refractivity (Wildman–Crippen MR) is 81.8 cm³/mol. The molecule has 2 unspecified atom stereocenters. The topological polar surface area (TPSA) is 31.4 Å². The lowest BCUT2D eigenvalue weighted by atomic mass is 10.2. The van der Waals surface area contributed by atoms with E-state index in [-0.39, 0.29) is 0 Å². The van der Waals surface area contributed by atoms with Gasteiger partial charge in [-0.25, -0.2) is 4.98 Å². The Morgan fingerprint density at radius 2 is 2.11 bits per heavy atom. The second-order valence-corrected chi connectivity index (χ2v) is 6.69. The summed E-state index contributed by atoms with van der Waals surface area (Å²) in [6.45, 7) is 7.75. The normalized spacial score (nSPS) is 24.4. The smallest absolute Gasteiger partial charge is 0.112 e. The number of rotatable bonds is 3. The zero-order valence-electron chi connectivity index (χ0n) is 12.7. The van der Waals surface area contributed by atoms with Crippen molar-refractivity contribution in [1.82, 2.24) is 20.1 Å². The minimum absolute atomic E-state index is 0.389. The average molecular weight is 282 g/mol. The minimum atomic E-state index is 0.389. The molecular formula is C14H26N4S. The van der Waals surface area contributed by atoms with Crippen molar-refractivity contribution in [3.05, 3.63) is 15.6 Å². The fraction of sp³-hybridized carbons (Fsp3) is 0.786. The molecule has 2 atom stereocenters. The van der Waals surface area contributed by atoms with E-state index in [4.69, 9.17) is 4.98 Å². The molecule has 19 heavy (non-hydrogen) atoms. The van der Waals surface area contributed by atoms with Crippen molar-refractivity contribution in [2.45, 2.75) is 32.4 Å². The molecule has 1 aromatic rings. The Labute approximate surface area is 120 Å². The van der Waals surface area contributed by atoms with Crippen LogP contribution in [-0.4, -0.2) is 55.6 Å². The van der Waals surface area contributed by atoms with E-state index in [1.807, 2.05) is 18.4 Å². The van der Waals surface area contributed by atoms with Gasteiger partial charge in [-0.05, 0) is 54.5 Å². The van der Waals surface area contributed by atoms with Crippen LogP contribution in [0, 0.1) is 6.92 Å². The first-order chi connectivity index (χ1) is 9.02. The van der Waals surface area contributed by atoms with Crippen molar-refractivity contribution in [3.63, 3.8) is 0 Å². The first-order valence-electron chi connectivity index (χ1n) is 7.06. The second kappa shape index (κ2) is 6.31. The Morgan fingerprint density at radius 3 is 2.79 bits per heavy atom. The third-order valence-corrected chi connectivity index (χ3v) is 5.47. The van der Waals surface area contributed by atoms with Crippen LogP contribution in [0.3, 0.4) is 0 Å². The molecule has 0 aromatic carbocycles. The van der Waals surface area contributed by atoms with Gasteiger partial charge in [-0.15, -0.1) is 11.3 Å². The molecule has 0 bridgehead atoms. The van der Waals surface area contributed by atoms with E-state index in [2.05, 4.69) is 43.1 Å². The number of aryl methyl sites for hydroxylation is 1. The number of hydrogen-bond acceptors (Lipinski definition) is 5. The first-order valence-corrected chi connectivity index (χ1v) is 7.87. The first kappa shape index (κ1) is 14.9. The van der Waals surface area contributed by atoms with Crippen molar-refractivity contribution in [3.8, 4) is 0 Å². The van der Waals surface area contributed by atoms with Crippen LogP contribution in [0.25, 0.3) is 0 Å². The molecule has 1 aliphatic rings. The Kier molecular flexibility index (Phi) is 4.95. The SMILES string of the molecule is CNC(C)c1sc(C2CN(C)CCCN2C)nc1C. The fourth-order valence-electron chi connectivity index (χ4n) is 2.64. The standard InChI is InChI=1S/C14H26N4S/c1-10(15-3)13-11(2)16-14(19-13)12-9-17(4)7-6-8-18(12)5/h10,12,15H,6-9H2,1-5H3. The van der Waals surface area contributed by atoms with E-state index in [1.165, 1.54) is 28.5 Å². The fourth-order valence-corrected chi connectivity index (χ4v) is 3.93. The van der Waals surface area contributed by atoms with Gasteiger partial charge in [-0.1, -0.05) is 0 Å². The number of nitrogens with zero attached hydrogens (tertiary/aromatic N) is 3. The van der Waals surface area contributed by atoms with Gasteiger partial charge in [0.2, 0.25) is 0 Å². The van der Waals surface area contributed by atoms with Crippen LogP contribution in [0.1, 0.15) is 41.0 Å². The lowest BCUT2D eigenvalue weighted by Gasteiger charge is -2.25. The molecule has 2 heterocycles. The van der Waals surface area contributed by atoms with Crippen molar-refractivity contribution in [2.75, 3.05) is 40.8 Å². The maximum atomic E-state index is 4.84. The van der Waals surface area contributed by atoms with Crippen LogP contribution in [0.15, 0.2) is 0 Å². The van der Waals surface area contributed by atoms with Crippen LogP contribution in [0.2, 0.25) is 0 Å². The van der Waals surface area contributed by atoms with Gasteiger partial charge in [0, 0.05) is 17.5 Å². The van der Waals surface area contributed by atoms with E-state index in [0.29, 0.717) is 12.1 Å². The van der Waals surface area contributed by atoms with Gasteiger partial charge in [0.25, 0.3) is 0 Å². The summed E-state index contributed by atoms with van der Waals surface area (Å²) < 4.78 is 0. The Bertz CT molecular complexity index is 418. The zero-order chi connectivity index (χ0) is 14.0. The monoisotopic (exact) mass is 282 g/mol. The molecule has 0 radical (unpaired) electrons. The number of likely N-dealkylation sites (N-methyl/N-ethyl adjacent to an activating group) is 2. The van der Waals surface area contributed by atoms with Crippen molar-refractivity contribution in [2.24, 2.45) is 0 Å². The Hall–Kier alpha value is -0.490. The molecular weight excluding hydrogens is 256 g/mol. The molecule has 1 saturated heterocycles. The second-order valence-electron chi connectivity index (χ2n) is 5.62. The number of nitrogens with one attached hydrogen (secondary N) is 1. The van der Waals surface area contributed by atoms with E-state index in [1.54, 1.807) is 0 Å². The number of aromatic nitrogens is 1. The van der Waals surface area contributed by atoms with E-state index in [0.717, 1.165) is 13.1 Å². The molecule has 0 aliphatic carbocycles. The number of hydrogen-bond donors (Lipinski definition) is 1. The quantitative estimate of drug-likeness (QED) is 0.919. The molecule has 1 aliphatic heterocycles. The highest BCUT2D eigenvalue weighted by molar-refractivity contribution is 7.11. The van der Waals surface area contributed by atoms with Gasteiger partial charge in [-0.3, -0.25) is 4.90 Å². The molecule has 1 N–H and O–H groups in total. The Morgan fingerprint density at radius 1 is 1.37 bits per heavy atom. The summed E-state index contributed by atoms with van der Waals surface area (Å²) in [6.07, 6.45) is 1.24. The molecule has 0 saturated carbocycles. The predicted octanol–water partition coefficient (Wildman–Crippen LogP) is 2.04. The summed E-state index contributed by atoms with van der Waals surface area (Å²) in [6, 6.07) is 0.828. The summed E-state index contributed by atoms with van der Waals surface area (Å²) in [5.74, 6) is 0. The van der Waals surface area contributed by atoms with Gasteiger partial charge < -0.3 is 10.2 Å². The summed E-state index contributed by atoms with van der Waals surface area (Å²) in [5.41, 5.74) is 1.18. The van der Waals surface area contributed by atoms with Crippen LogP contribution >= 0.6 is 11.3 Å². The van der Waals surface area contributed by atoms with Crippen LogP contribution in [0.4, 0.5) is 0 Å². The Balaban J connectivity index is 2.24. The summed E-state index contributed by atoms with van der Waals surface area (Å²) >= 11 is 1.87. The highest BCUT2D eigenvalue weighted by Gasteiger charge is 2.26. The van der Waals surface area contributed by atoms with Gasteiger partial charge in [0.1, 0.15) is 5.01 Å². The van der Waals surface area contributed by atoms with Gasteiger partial charge in [-0.2, -0.15) is 0 Å².